The molecule has 33 heavy (non-hydrogen) atoms. The molecule has 0 saturated heterocycles. The normalized spacial score (nSPS) is 15.9. The summed E-state index contributed by atoms with van der Waals surface area (Å²) in [5.74, 6) is -2.25. The first-order valence-corrected chi connectivity index (χ1v) is 11.2. The summed E-state index contributed by atoms with van der Waals surface area (Å²) in [5, 5.41) is 11.3. The first kappa shape index (κ1) is 22.8. The maximum atomic E-state index is 13.3. The van der Waals surface area contributed by atoms with Gasteiger partial charge < -0.3 is 14.3 Å². The first-order valence-electron chi connectivity index (χ1n) is 10.0. The molecule has 0 radical (unpaired) electrons. The molecule has 1 unspecified atom stereocenters. The number of ether oxygens (including phenoxy) is 1. The van der Waals surface area contributed by atoms with E-state index in [1.807, 2.05) is 0 Å². The third-order valence-corrected chi connectivity index (χ3v) is 6.41. The smallest absolute Gasteiger partial charge is 0.350 e. The zero-order chi connectivity index (χ0) is 23.9. The van der Waals surface area contributed by atoms with Crippen molar-refractivity contribution >= 4 is 45.7 Å². The third kappa shape index (κ3) is 4.05. The lowest BCUT2D eigenvalue weighted by atomic mass is 9.95. The SMILES string of the molecule is CCOC(=O)c1sc(N2C(=O)C(O)=C(C(=O)c3ccc(C)o3)C2c2cccc(Cl)c2)nc1C. The lowest BCUT2D eigenvalue weighted by molar-refractivity contribution is -0.117. The van der Waals surface area contributed by atoms with E-state index in [-0.39, 0.29) is 27.9 Å². The predicted octanol–water partition coefficient (Wildman–Crippen LogP) is 4.97. The van der Waals surface area contributed by atoms with Crippen molar-refractivity contribution < 1.29 is 28.6 Å². The van der Waals surface area contributed by atoms with Gasteiger partial charge >= 0.3 is 5.97 Å². The number of thiazole rings is 1. The van der Waals surface area contributed by atoms with Gasteiger partial charge in [-0.3, -0.25) is 14.5 Å². The lowest BCUT2D eigenvalue weighted by Gasteiger charge is -2.24. The van der Waals surface area contributed by atoms with E-state index < -0.39 is 29.5 Å². The van der Waals surface area contributed by atoms with Crippen LogP contribution in [0, 0.1) is 13.8 Å². The number of aliphatic hydroxyl groups is 1. The van der Waals surface area contributed by atoms with E-state index in [2.05, 4.69) is 4.98 Å². The molecule has 0 saturated carbocycles. The van der Waals surface area contributed by atoms with Gasteiger partial charge in [-0.25, -0.2) is 9.78 Å². The summed E-state index contributed by atoms with van der Waals surface area (Å²) in [6.45, 7) is 5.17. The number of nitrogens with zero attached hydrogens (tertiary/aromatic N) is 2. The van der Waals surface area contributed by atoms with Crippen molar-refractivity contribution in [2.45, 2.75) is 26.8 Å². The predicted molar refractivity (Wildman–Crippen MR) is 122 cm³/mol. The Morgan fingerprint density at radius 2 is 2.03 bits per heavy atom. The highest BCUT2D eigenvalue weighted by Crippen LogP contribution is 2.44. The zero-order valence-electron chi connectivity index (χ0n) is 17.9. The second-order valence-electron chi connectivity index (χ2n) is 7.27. The number of benzene rings is 1. The van der Waals surface area contributed by atoms with Gasteiger partial charge in [0.25, 0.3) is 5.91 Å². The lowest BCUT2D eigenvalue weighted by Crippen LogP contribution is -2.31. The van der Waals surface area contributed by atoms with Crippen molar-refractivity contribution in [3.05, 3.63) is 80.4 Å². The number of furan rings is 1. The van der Waals surface area contributed by atoms with Crippen molar-refractivity contribution in [2.24, 2.45) is 0 Å². The standard InChI is InChI=1S/C23H19ClN2O6S/c1-4-31-22(30)20-12(3)25-23(33-20)26-17(13-6-5-7-14(24)10-13)16(19(28)21(26)29)18(27)15-9-8-11(2)32-15/h5-10,17,28H,4H2,1-3H3. The van der Waals surface area contributed by atoms with Crippen LogP contribution in [0.4, 0.5) is 5.13 Å². The molecular formula is C23H19ClN2O6S. The molecule has 10 heteroatoms. The fourth-order valence-corrected chi connectivity index (χ4v) is 4.77. The Balaban J connectivity index is 1.86. The minimum atomic E-state index is -1.03. The van der Waals surface area contributed by atoms with Crippen LogP contribution in [-0.2, 0) is 9.53 Å². The molecule has 3 heterocycles. The molecular weight excluding hydrogens is 468 g/mol. The van der Waals surface area contributed by atoms with Gasteiger partial charge in [-0.1, -0.05) is 35.1 Å². The second kappa shape index (κ2) is 8.84. The molecule has 0 aliphatic carbocycles. The summed E-state index contributed by atoms with van der Waals surface area (Å²) >= 11 is 7.12. The summed E-state index contributed by atoms with van der Waals surface area (Å²) in [4.78, 5) is 44.6. The number of anilines is 1. The van der Waals surface area contributed by atoms with Crippen LogP contribution >= 0.6 is 22.9 Å². The van der Waals surface area contributed by atoms with Gasteiger partial charge in [0.2, 0.25) is 5.78 Å². The average Bonchev–Trinajstić information content (AvgIpc) is 3.44. The molecule has 1 aliphatic heterocycles. The quantitative estimate of drug-likeness (QED) is 0.387. The Hall–Kier alpha value is -3.43. The molecule has 0 spiro atoms. The number of amides is 1. The Labute approximate surface area is 198 Å². The van der Waals surface area contributed by atoms with Crippen molar-refractivity contribution in [1.82, 2.24) is 4.98 Å². The molecule has 1 amide bonds. The number of halogens is 1. The Kier molecular flexibility index (Phi) is 6.09. The number of Topliss-reactive ketones (excluding diaryl/α,β-unsaturated/α-hetero) is 1. The van der Waals surface area contributed by atoms with Gasteiger partial charge in [0.05, 0.1) is 23.9 Å². The monoisotopic (exact) mass is 486 g/mol. The van der Waals surface area contributed by atoms with Gasteiger partial charge in [0, 0.05) is 5.02 Å². The van der Waals surface area contributed by atoms with Crippen molar-refractivity contribution in [3.63, 3.8) is 0 Å². The van der Waals surface area contributed by atoms with E-state index in [0.717, 1.165) is 11.3 Å². The van der Waals surface area contributed by atoms with E-state index >= 15 is 0 Å². The molecule has 2 aromatic heterocycles. The molecule has 0 bridgehead atoms. The van der Waals surface area contributed by atoms with Crippen LogP contribution < -0.4 is 4.90 Å². The number of aliphatic hydroxyl groups excluding tert-OH is 1. The second-order valence-corrected chi connectivity index (χ2v) is 8.68. The number of esters is 1. The Bertz CT molecular complexity index is 1310. The van der Waals surface area contributed by atoms with E-state index in [1.165, 1.54) is 11.0 Å². The van der Waals surface area contributed by atoms with Crippen LogP contribution in [0.5, 0.6) is 0 Å². The maximum Gasteiger partial charge on any atom is 0.350 e. The van der Waals surface area contributed by atoms with Crippen LogP contribution in [-0.4, -0.2) is 34.4 Å². The van der Waals surface area contributed by atoms with Gasteiger partial charge in [0.1, 0.15) is 10.6 Å². The van der Waals surface area contributed by atoms with E-state index in [0.29, 0.717) is 22.0 Å². The third-order valence-electron chi connectivity index (χ3n) is 5.03. The van der Waals surface area contributed by atoms with Crippen LogP contribution in [0.1, 0.15) is 50.2 Å². The van der Waals surface area contributed by atoms with Crippen LogP contribution in [0.15, 0.2) is 52.1 Å². The highest BCUT2D eigenvalue weighted by atomic mass is 35.5. The first-order chi connectivity index (χ1) is 15.7. The molecule has 3 aromatic rings. The summed E-state index contributed by atoms with van der Waals surface area (Å²) < 4.78 is 10.5. The number of carbonyl (C=O) groups excluding carboxylic acids is 3. The highest BCUT2D eigenvalue weighted by molar-refractivity contribution is 7.17. The fraction of sp³-hybridized carbons (Fsp3) is 0.217. The number of hydrogen-bond acceptors (Lipinski definition) is 8. The number of aryl methyl sites for hydroxylation is 2. The van der Waals surface area contributed by atoms with Crippen LogP contribution in [0.25, 0.3) is 0 Å². The number of ketones is 1. The molecule has 1 atom stereocenters. The fourth-order valence-electron chi connectivity index (χ4n) is 3.59. The molecule has 1 aromatic carbocycles. The Morgan fingerprint density at radius 1 is 1.27 bits per heavy atom. The van der Waals surface area contributed by atoms with E-state index in [9.17, 15) is 19.5 Å². The number of hydrogen-bond donors (Lipinski definition) is 1. The molecule has 8 nitrogen and oxygen atoms in total. The minimum Gasteiger partial charge on any atom is -0.503 e. The van der Waals surface area contributed by atoms with Gasteiger partial charge in [-0.2, -0.15) is 0 Å². The van der Waals surface area contributed by atoms with Crippen molar-refractivity contribution in [1.29, 1.82) is 0 Å². The van der Waals surface area contributed by atoms with Gasteiger partial charge in [-0.15, -0.1) is 0 Å². The molecule has 170 valence electrons. The highest BCUT2D eigenvalue weighted by Gasteiger charge is 2.47. The summed E-state index contributed by atoms with van der Waals surface area (Å²) in [6.07, 6.45) is 0. The molecule has 1 aliphatic rings. The number of aromatic nitrogens is 1. The average molecular weight is 487 g/mol. The topological polar surface area (TPSA) is 110 Å². The molecule has 1 N–H and O–H groups in total. The number of carbonyl (C=O) groups is 3. The number of rotatable bonds is 6. The summed E-state index contributed by atoms with van der Waals surface area (Å²) in [5.41, 5.74) is 0.686. The largest absolute Gasteiger partial charge is 0.503 e. The molecule has 4 rings (SSSR count). The van der Waals surface area contributed by atoms with E-state index in [1.54, 1.807) is 51.1 Å². The summed E-state index contributed by atoms with van der Waals surface area (Å²) in [7, 11) is 0. The van der Waals surface area contributed by atoms with Gasteiger partial charge in [-0.05, 0) is 50.6 Å². The Morgan fingerprint density at radius 3 is 2.67 bits per heavy atom. The van der Waals surface area contributed by atoms with Crippen LogP contribution in [0.2, 0.25) is 5.02 Å². The molecule has 0 fully saturated rings. The van der Waals surface area contributed by atoms with Gasteiger partial charge in [0.15, 0.2) is 16.7 Å². The van der Waals surface area contributed by atoms with Crippen molar-refractivity contribution in [3.8, 4) is 0 Å². The maximum absolute atomic E-state index is 13.3. The minimum absolute atomic E-state index is 0.0155. The van der Waals surface area contributed by atoms with Crippen LogP contribution in [0.3, 0.4) is 0 Å². The van der Waals surface area contributed by atoms with E-state index in [4.69, 9.17) is 20.8 Å². The van der Waals surface area contributed by atoms with Crippen molar-refractivity contribution in [2.75, 3.05) is 11.5 Å². The zero-order valence-corrected chi connectivity index (χ0v) is 19.5. The summed E-state index contributed by atoms with van der Waals surface area (Å²) in [6, 6.07) is 8.66.